The highest BCUT2D eigenvalue weighted by Gasteiger charge is 2.11. The number of fused-ring (bicyclic) bond motifs is 1. The maximum atomic E-state index is 4.39. The number of rotatable bonds is 2. The summed E-state index contributed by atoms with van der Waals surface area (Å²) >= 11 is 0. The number of nitrogens with one attached hydrogen (secondary N) is 1. The van der Waals surface area contributed by atoms with Crippen molar-refractivity contribution >= 4 is 16.7 Å². The van der Waals surface area contributed by atoms with Gasteiger partial charge in [-0.3, -0.25) is 4.98 Å². The fourth-order valence-corrected chi connectivity index (χ4v) is 2.33. The van der Waals surface area contributed by atoms with Crippen molar-refractivity contribution in [3.05, 3.63) is 47.7 Å². The molecule has 3 aromatic rings. The van der Waals surface area contributed by atoms with Crippen molar-refractivity contribution < 1.29 is 0 Å². The van der Waals surface area contributed by atoms with Crippen molar-refractivity contribution in [1.82, 2.24) is 15.2 Å². The van der Waals surface area contributed by atoms with Gasteiger partial charge in [0.15, 0.2) is 5.82 Å². The predicted octanol–water partition coefficient (Wildman–Crippen LogP) is 3.35. The Bertz CT molecular complexity index is 781. The summed E-state index contributed by atoms with van der Waals surface area (Å²) in [6.07, 6.45) is 1.81. The lowest BCUT2D eigenvalue weighted by Gasteiger charge is -2.11. The van der Waals surface area contributed by atoms with Crippen LogP contribution in [-0.2, 0) is 0 Å². The average Bonchev–Trinajstić information content (AvgIpc) is 2.49. The van der Waals surface area contributed by atoms with Gasteiger partial charge in [-0.15, -0.1) is 10.2 Å². The normalized spacial score (nSPS) is 10.8. The molecule has 0 radical (unpaired) electrons. The third kappa shape index (κ3) is 1.99. The van der Waals surface area contributed by atoms with E-state index in [9.17, 15) is 0 Å². The van der Waals surface area contributed by atoms with E-state index < -0.39 is 0 Å². The minimum absolute atomic E-state index is 0.824. The van der Waals surface area contributed by atoms with Crippen molar-refractivity contribution in [2.24, 2.45) is 0 Å². The highest BCUT2D eigenvalue weighted by atomic mass is 15.2. The topological polar surface area (TPSA) is 50.7 Å². The summed E-state index contributed by atoms with van der Waals surface area (Å²) in [5.41, 5.74) is 5.20. The van der Waals surface area contributed by atoms with Gasteiger partial charge in [0.25, 0.3) is 0 Å². The van der Waals surface area contributed by atoms with Gasteiger partial charge >= 0.3 is 0 Å². The number of nitrogens with zero attached hydrogens (tertiary/aromatic N) is 3. The maximum absolute atomic E-state index is 4.39. The molecule has 0 aliphatic rings. The molecule has 0 unspecified atom stereocenters. The van der Waals surface area contributed by atoms with E-state index in [4.69, 9.17) is 0 Å². The lowest BCUT2D eigenvalue weighted by Crippen LogP contribution is -2.02. The summed E-state index contributed by atoms with van der Waals surface area (Å²) in [7, 11) is 1.86. The maximum Gasteiger partial charge on any atom is 0.151 e. The number of aromatic nitrogens is 3. The predicted molar refractivity (Wildman–Crippen MR) is 81.8 cm³/mol. The Morgan fingerprint density at radius 3 is 2.65 bits per heavy atom. The quantitative estimate of drug-likeness (QED) is 0.771. The summed E-state index contributed by atoms with van der Waals surface area (Å²) in [4.78, 5) is 4.39. The Kier molecular flexibility index (Phi) is 3.06. The first-order valence-corrected chi connectivity index (χ1v) is 6.57. The summed E-state index contributed by atoms with van der Waals surface area (Å²) in [6.45, 7) is 4.13. The van der Waals surface area contributed by atoms with Crippen LogP contribution in [0.5, 0.6) is 0 Å². The standard InChI is InChI=1S/C16H16N4/c1-10-11(2)16(17-3)20-19-15(10)13-7-6-12-5-4-8-18-14(12)9-13/h4-9H,1-3H3,(H,17,20). The van der Waals surface area contributed by atoms with E-state index in [-0.39, 0.29) is 0 Å². The molecule has 2 heterocycles. The van der Waals surface area contributed by atoms with Gasteiger partial charge in [-0.25, -0.2) is 0 Å². The van der Waals surface area contributed by atoms with Crippen molar-refractivity contribution in [2.45, 2.75) is 13.8 Å². The molecular formula is C16H16N4. The molecule has 1 N–H and O–H groups in total. The molecule has 0 fully saturated rings. The van der Waals surface area contributed by atoms with Crippen molar-refractivity contribution in [3.63, 3.8) is 0 Å². The lowest BCUT2D eigenvalue weighted by molar-refractivity contribution is 1.00. The van der Waals surface area contributed by atoms with Crippen LogP contribution in [0.3, 0.4) is 0 Å². The van der Waals surface area contributed by atoms with E-state index in [1.165, 1.54) is 0 Å². The van der Waals surface area contributed by atoms with Crippen molar-refractivity contribution in [1.29, 1.82) is 0 Å². The van der Waals surface area contributed by atoms with Gasteiger partial charge in [-0.1, -0.05) is 18.2 Å². The van der Waals surface area contributed by atoms with Gasteiger partial charge in [0.2, 0.25) is 0 Å². The molecule has 2 aromatic heterocycles. The van der Waals surface area contributed by atoms with Crippen LogP contribution in [0.1, 0.15) is 11.1 Å². The monoisotopic (exact) mass is 264 g/mol. The van der Waals surface area contributed by atoms with E-state index in [0.717, 1.165) is 39.1 Å². The second-order valence-electron chi connectivity index (χ2n) is 4.81. The summed E-state index contributed by atoms with van der Waals surface area (Å²) in [5.74, 6) is 0.824. The first-order valence-electron chi connectivity index (χ1n) is 6.57. The summed E-state index contributed by atoms with van der Waals surface area (Å²) in [5, 5.41) is 12.8. The average molecular weight is 264 g/mol. The third-order valence-corrected chi connectivity index (χ3v) is 3.64. The molecular weight excluding hydrogens is 248 g/mol. The first kappa shape index (κ1) is 12.5. The fourth-order valence-electron chi connectivity index (χ4n) is 2.33. The van der Waals surface area contributed by atoms with Crippen LogP contribution in [0.25, 0.3) is 22.2 Å². The smallest absolute Gasteiger partial charge is 0.151 e. The highest BCUT2D eigenvalue weighted by molar-refractivity contribution is 5.84. The first-order chi connectivity index (χ1) is 9.70. The number of pyridine rings is 1. The van der Waals surface area contributed by atoms with Gasteiger partial charge in [0.05, 0.1) is 11.2 Å². The van der Waals surface area contributed by atoms with E-state index in [0.29, 0.717) is 0 Å². The van der Waals surface area contributed by atoms with E-state index in [2.05, 4.69) is 58.6 Å². The summed E-state index contributed by atoms with van der Waals surface area (Å²) < 4.78 is 0. The Balaban J connectivity index is 2.18. The Labute approximate surface area is 117 Å². The van der Waals surface area contributed by atoms with Crippen LogP contribution < -0.4 is 5.32 Å². The molecule has 1 aromatic carbocycles. The van der Waals surface area contributed by atoms with Gasteiger partial charge < -0.3 is 5.32 Å². The van der Waals surface area contributed by atoms with Crippen LogP contribution in [0.2, 0.25) is 0 Å². The molecule has 0 saturated heterocycles. The number of anilines is 1. The minimum atomic E-state index is 0.824. The van der Waals surface area contributed by atoms with Crippen LogP contribution >= 0.6 is 0 Å². The SMILES string of the molecule is CNc1nnc(-c2ccc3cccnc3c2)c(C)c1C. The molecule has 0 aliphatic carbocycles. The van der Waals surface area contributed by atoms with Crippen LogP contribution in [0.15, 0.2) is 36.5 Å². The molecule has 4 nitrogen and oxygen atoms in total. The zero-order chi connectivity index (χ0) is 14.1. The fraction of sp³-hybridized carbons (Fsp3) is 0.188. The lowest BCUT2D eigenvalue weighted by atomic mass is 10.0. The van der Waals surface area contributed by atoms with Gasteiger partial charge in [0.1, 0.15) is 0 Å². The Hall–Kier alpha value is -2.49. The third-order valence-electron chi connectivity index (χ3n) is 3.64. The van der Waals surface area contributed by atoms with Crippen LogP contribution in [-0.4, -0.2) is 22.2 Å². The highest BCUT2D eigenvalue weighted by Crippen LogP contribution is 2.27. The molecule has 20 heavy (non-hydrogen) atoms. The molecule has 0 aliphatic heterocycles. The van der Waals surface area contributed by atoms with Crippen molar-refractivity contribution in [2.75, 3.05) is 12.4 Å². The zero-order valence-electron chi connectivity index (χ0n) is 11.8. The summed E-state index contributed by atoms with van der Waals surface area (Å²) in [6, 6.07) is 10.2. The number of benzene rings is 1. The molecule has 0 atom stereocenters. The van der Waals surface area contributed by atoms with Crippen LogP contribution in [0.4, 0.5) is 5.82 Å². The van der Waals surface area contributed by atoms with Crippen LogP contribution in [0, 0.1) is 13.8 Å². The second-order valence-corrected chi connectivity index (χ2v) is 4.81. The van der Waals surface area contributed by atoms with E-state index in [1.54, 1.807) is 6.20 Å². The molecule has 0 saturated carbocycles. The van der Waals surface area contributed by atoms with Gasteiger partial charge in [-0.05, 0) is 37.1 Å². The second kappa shape index (κ2) is 4.89. The zero-order valence-corrected chi connectivity index (χ0v) is 11.8. The Morgan fingerprint density at radius 2 is 1.85 bits per heavy atom. The van der Waals surface area contributed by atoms with Crippen molar-refractivity contribution in [3.8, 4) is 11.3 Å². The van der Waals surface area contributed by atoms with E-state index in [1.807, 2.05) is 13.1 Å². The Morgan fingerprint density at radius 1 is 1.00 bits per heavy atom. The van der Waals surface area contributed by atoms with E-state index >= 15 is 0 Å². The molecule has 3 rings (SSSR count). The molecule has 0 spiro atoms. The molecule has 100 valence electrons. The molecule has 4 heteroatoms. The van der Waals surface area contributed by atoms with Gasteiger partial charge in [-0.2, -0.15) is 0 Å². The van der Waals surface area contributed by atoms with Gasteiger partial charge in [0, 0.05) is 24.2 Å². The number of hydrogen-bond donors (Lipinski definition) is 1. The largest absolute Gasteiger partial charge is 0.371 e. The minimum Gasteiger partial charge on any atom is -0.371 e. The molecule has 0 bridgehead atoms. The molecule has 0 amide bonds. The number of hydrogen-bond acceptors (Lipinski definition) is 4.